The van der Waals surface area contributed by atoms with Crippen LogP contribution in [0.15, 0.2) is 0 Å². The Balaban J connectivity index is 2.11. The highest BCUT2D eigenvalue weighted by Gasteiger charge is 2.25. The van der Waals surface area contributed by atoms with E-state index in [0.717, 1.165) is 16.7 Å². The Morgan fingerprint density at radius 3 is 2.50 bits per heavy atom. The molecular weight excluding hydrogens is 188 g/mol. The predicted molar refractivity (Wildman–Crippen MR) is 49.5 cm³/mol. The highest BCUT2D eigenvalue weighted by Crippen LogP contribution is 2.37. The van der Waals surface area contributed by atoms with Gasteiger partial charge in [-0.2, -0.15) is 0 Å². The van der Waals surface area contributed by atoms with Crippen molar-refractivity contribution < 1.29 is 0 Å². The fourth-order valence-electron chi connectivity index (χ4n) is 1.43. The van der Waals surface area contributed by atoms with E-state index in [4.69, 9.17) is 0 Å². The number of hydrogen-bond donors (Lipinski definition) is 0. The second-order valence-corrected chi connectivity index (χ2v) is 4.76. The fraction of sp³-hybridized carbons (Fsp3) is 1.00. The van der Waals surface area contributed by atoms with Gasteiger partial charge in [0.25, 0.3) is 0 Å². The van der Waals surface area contributed by atoms with E-state index in [1.807, 2.05) is 0 Å². The minimum atomic E-state index is 0.757. The molecule has 0 amide bonds. The Morgan fingerprint density at radius 1 is 1.50 bits per heavy atom. The quantitative estimate of drug-likeness (QED) is 0.615. The van der Waals surface area contributed by atoms with Gasteiger partial charge in [0.1, 0.15) is 0 Å². The van der Waals surface area contributed by atoms with Crippen LogP contribution < -0.4 is 0 Å². The molecule has 0 aliphatic heterocycles. The van der Waals surface area contributed by atoms with Crippen LogP contribution in [0.4, 0.5) is 0 Å². The van der Waals surface area contributed by atoms with Crippen LogP contribution in [0, 0.1) is 11.8 Å². The highest BCUT2D eigenvalue weighted by molar-refractivity contribution is 9.09. The molecule has 1 fully saturated rings. The highest BCUT2D eigenvalue weighted by atomic mass is 79.9. The van der Waals surface area contributed by atoms with E-state index < -0.39 is 0 Å². The molecule has 2 atom stereocenters. The molecule has 1 rings (SSSR count). The zero-order valence-corrected chi connectivity index (χ0v) is 8.52. The topological polar surface area (TPSA) is 0 Å². The molecule has 60 valence electrons. The van der Waals surface area contributed by atoms with Gasteiger partial charge in [-0.1, -0.05) is 42.6 Å². The SMILES string of the molecule is CCC(Br)C(C)CC1CC1. The molecule has 0 aromatic carbocycles. The lowest BCUT2D eigenvalue weighted by Crippen LogP contribution is -2.09. The zero-order valence-electron chi connectivity index (χ0n) is 6.94. The van der Waals surface area contributed by atoms with Gasteiger partial charge in [-0.3, -0.25) is 0 Å². The van der Waals surface area contributed by atoms with E-state index in [1.165, 1.54) is 25.7 Å². The second kappa shape index (κ2) is 3.75. The summed E-state index contributed by atoms with van der Waals surface area (Å²) in [5.74, 6) is 1.97. The van der Waals surface area contributed by atoms with Crippen molar-refractivity contribution in [3.63, 3.8) is 0 Å². The molecule has 1 heteroatoms. The summed E-state index contributed by atoms with van der Waals surface area (Å²) in [4.78, 5) is 0.757. The Bertz CT molecular complexity index is 96.9. The second-order valence-electron chi connectivity index (χ2n) is 3.58. The number of hydrogen-bond acceptors (Lipinski definition) is 0. The van der Waals surface area contributed by atoms with Crippen molar-refractivity contribution in [1.82, 2.24) is 0 Å². The van der Waals surface area contributed by atoms with Gasteiger partial charge in [-0.25, -0.2) is 0 Å². The molecule has 0 saturated heterocycles. The smallest absolute Gasteiger partial charge is 0.0168 e. The van der Waals surface area contributed by atoms with E-state index in [0.29, 0.717) is 0 Å². The number of alkyl halides is 1. The van der Waals surface area contributed by atoms with Crippen molar-refractivity contribution in [1.29, 1.82) is 0 Å². The average molecular weight is 205 g/mol. The summed E-state index contributed by atoms with van der Waals surface area (Å²) in [6.07, 6.45) is 5.71. The van der Waals surface area contributed by atoms with Gasteiger partial charge in [-0.15, -0.1) is 0 Å². The lowest BCUT2D eigenvalue weighted by molar-refractivity contribution is 0.475. The minimum absolute atomic E-state index is 0.757. The van der Waals surface area contributed by atoms with Gasteiger partial charge in [0.15, 0.2) is 0 Å². The molecular formula is C9H17Br. The maximum Gasteiger partial charge on any atom is 0.0168 e. The van der Waals surface area contributed by atoms with E-state index in [1.54, 1.807) is 0 Å². The van der Waals surface area contributed by atoms with Crippen LogP contribution in [0.3, 0.4) is 0 Å². The Morgan fingerprint density at radius 2 is 2.10 bits per heavy atom. The lowest BCUT2D eigenvalue weighted by Gasteiger charge is -2.15. The summed E-state index contributed by atoms with van der Waals surface area (Å²) in [6.45, 7) is 4.62. The first-order valence-electron chi connectivity index (χ1n) is 4.38. The largest absolute Gasteiger partial charge is 0.0888 e. The van der Waals surface area contributed by atoms with Crippen LogP contribution >= 0.6 is 15.9 Å². The maximum absolute atomic E-state index is 3.70. The lowest BCUT2D eigenvalue weighted by atomic mass is 9.99. The first-order chi connectivity index (χ1) is 4.74. The molecule has 1 aliphatic carbocycles. The molecule has 0 N–H and O–H groups in total. The van der Waals surface area contributed by atoms with E-state index in [2.05, 4.69) is 29.8 Å². The number of halogens is 1. The average Bonchev–Trinajstić information content (AvgIpc) is 2.70. The van der Waals surface area contributed by atoms with Crippen molar-refractivity contribution in [2.24, 2.45) is 11.8 Å². The maximum atomic E-state index is 3.70. The summed E-state index contributed by atoms with van der Waals surface area (Å²) in [5, 5.41) is 0. The van der Waals surface area contributed by atoms with Gasteiger partial charge in [0.2, 0.25) is 0 Å². The van der Waals surface area contributed by atoms with Gasteiger partial charge in [-0.05, 0) is 24.7 Å². The van der Waals surface area contributed by atoms with E-state index in [9.17, 15) is 0 Å². The molecule has 2 unspecified atom stereocenters. The summed E-state index contributed by atoms with van der Waals surface area (Å²) < 4.78 is 0. The molecule has 1 aliphatic rings. The van der Waals surface area contributed by atoms with Crippen molar-refractivity contribution in [2.75, 3.05) is 0 Å². The molecule has 0 radical (unpaired) electrons. The van der Waals surface area contributed by atoms with Crippen molar-refractivity contribution >= 4 is 15.9 Å². The molecule has 0 nitrogen and oxygen atoms in total. The van der Waals surface area contributed by atoms with Crippen molar-refractivity contribution in [3.8, 4) is 0 Å². The Labute approximate surface area is 72.5 Å². The third-order valence-electron chi connectivity index (χ3n) is 2.41. The van der Waals surface area contributed by atoms with Crippen LogP contribution in [0.25, 0.3) is 0 Å². The number of rotatable bonds is 4. The van der Waals surface area contributed by atoms with Crippen LogP contribution in [-0.2, 0) is 0 Å². The minimum Gasteiger partial charge on any atom is -0.0888 e. The van der Waals surface area contributed by atoms with Gasteiger partial charge in [0.05, 0.1) is 0 Å². The molecule has 0 spiro atoms. The molecule has 0 heterocycles. The third kappa shape index (κ3) is 2.61. The van der Waals surface area contributed by atoms with Crippen LogP contribution in [0.5, 0.6) is 0 Å². The normalized spacial score (nSPS) is 24.3. The Kier molecular flexibility index (Phi) is 3.22. The van der Waals surface area contributed by atoms with Gasteiger partial charge in [0, 0.05) is 4.83 Å². The monoisotopic (exact) mass is 204 g/mol. The molecule has 1 saturated carbocycles. The predicted octanol–water partition coefficient (Wildman–Crippen LogP) is 3.60. The van der Waals surface area contributed by atoms with Crippen molar-refractivity contribution in [2.45, 2.75) is 44.4 Å². The first-order valence-corrected chi connectivity index (χ1v) is 5.29. The summed E-state index contributed by atoms with van der Waals surface area (Å²) >= 11 is 3.70. The molecule has 0 aromatic rings. The third-order valence-corrected chi connectivity index (χ3v) is 3.96. The van der Waals surface area contributed by atoms with Gasteiger partial charge < -0.3 is 0 Å². The summed E-state index contributed by atoms with van der Waals surface area (Å²) in [7, 11) is 0. The van der Waals surface area contributed by atoms with E-state index >= 15 is 0 Å². The zero-order chi connectivity index (χ0) is 7.56. The summed E-state index contributed by atoms with van der Waals surface area (Å²) in [6, 6.07) is 0. The summed E-state index contributed by atoms with van der Waals surface area (Å²) in [5.41, 5.74) is 0. The van der Waals surface area contributed by atoms with Crippen molar-refractivity contribution in [3.05, 3.63) is 0 Å². The molecule has 10 heavy (non-hydrogen) atoms. The standard InChI is InChI=1S/C9H17Br/c1-3-9(10)7(2)6-8-4-5-8/h7-9H,3-6H2,1-2H3. The van der Waals surface area contributed by atoms with Crippen LogP contribution in [-0.4, -0.2) is 4.83 Å². The van der Waals surface area contributed by atoms with Crippen LogP contribution in [0.2, 0.25) is 0 Å². The van der Waals surface area contributed by atoms with Crippen LogP contribution in [0.1, 0.15) is 39.5 Å². The first kappa shape index (κ1) is 8.58. The molecule has 0 aromatic heterocycles. The van der Waals surface area contributed by atoms with E-state index in [-0.39, 0.29) is 0 Å². The Hall–Kier alpha value is 0.480. The molecule has 0 bridgehead atoms. The van der Waals surface area contributed by atoms with Gasteiger partial charge >= 0.3 is 0 Å². The fourth-order valence-corrected chi connectivity index (χ4v) is 1.65.